The smallest absolute Gasteiger partial charge is 0.462 e. The van der Waals surface area contributed by atoms with Crippen molar-refractivity contribution >= 4 is 19.8 Å². The maximum atomic E-state index is 12.7. The van der Waals surface area contributed by atoms with Gasteiger partial charge in [-0.25, -0.2) is 4.57 Å². The molecular weight excluding hydrogens is 930 g/mol. The van der Waals surface area contributed by atoms with E-state index < -0.39 is 26.5 Å². The molecule has 0 rings (SSSR count). The van der Waals surface area contributed by atoms with Crippen LogP contribution in [0.5, 0.6) is 0 Å². The quantitative estimate of drug-likeness (QED) is 0.0264. The summed E-state index contributed by atoms with van der Waals surface area (Å²) in [7, 11) is -4.39. The van der Waals surface area contributed by atoms with Crippen LogP contribution in [0.4, 0.5) is 0 Å². The SMILES string of the molecule is CCCCCCC/C=C\C/C=C\C/C=C\CCCCCCCCCCCCCCCCC(=O)OC(COC(=O)CCCCCCCCCCCCC/C=C\C/C=C\CCCCCCC)COP(=O)(O)OCCN. The Bertz CT molecular complexity index is 1380. The Morgan fingerprint density at radius 1 is 0.411 bits per heavy atom. The molecule has 10 heteroatoms. The fourth-order valence-corrected chi connectivity index (χ4v) is 9.56. The van der Waals surface area contributed by atoms with Crippen molar-refractivity contribution in [2.45, 2.75) is 302 Å². The van der Waals surface area contributed by atoms with Gasteiger partial charge < -0.3 is 20.1 Å². The number of hydrogen-bond donors (Lipinski definition) is 2. The van der Waals surface area contributed by atoms with Gasteiger partial charge in [0.15, 0.2) is 6.10 Å². The number of allylic oxidation sites excluding steroid dienone is 10. The molecule has 426 valence electrons. The minimum atomic E-state index is -4.39. The molecule has 0 heterocycles. The van der Waals surface area contributed by atoms with Crippen LogP contribution in [0.3, 0.4) is 0 Å². The van der Waals surface area contributed by atoms with Crippen LogP contribution in [-0.4, -0.2) is 49.3 Å². The zero-order valence-corrected chi connectivity index (χ0v) is 48.5. The molecule has 0 spiro atoms. The normalized spacial score (nSPS) is 13.4. The lowest BCUT2D eigenvalue weighted by molar-refractivity contribution is -0.161. The van der Waals surface area contributed by atoms with Crippen LogP contribution in [-0.2, 0) is 32.7 Å². The average Bonchev–Trinajstić information content (AvgIpc) is 3.38. The fraction of sp³-hybridized carbons (Fsp3) is 0.810. The van der Waals surface area contributed by atoms with E-state index in [1.54, 1.807) is 0 Å². The molecule has 9 nitrogen and oxygen atoms in total. The van der Waals surface area contributed by atoms with Gasteiger partial charge >= 0.3 is 19.8 Å². The molecule has 0 bridgehead atoms. The van der Waals surface area contributed by atoms with Gasteiger partial charge in [0.05, 0.1) is 13.2 Å². The highest BCUT2D eigenvalue weighted by atomic mass is 31.2. The number of esters is 2. The van der Waals surface area contributed by atoms with Crippen molar-refractivity contribution in [3.63, 3.8) is 0 Å². The lowest BCUT2D eigenvalue weighted by atomic mass is 10.0. The van der Waals surface area contributed by atoms with E-state index in [1.807, 2.05) is 0 Å². The molecule has 0 fully saturated rings. The Labute approximate surface area is 450 Å². The largest absolute Gasteiger partial charge is 0.472 e. The zero-order valence-electron chi connectivity index (χ0n) is 47.6. The van der Waals surface area contributed by atoms with Crippen molar-refractivity contribution in [2.24, 2.45) is 5.73 Å². The summed E-state index contributed by atoms with van der Waals surface area (Å²) in [5, 5.41) is 0. The predicted molar refractivity (Wildman–Crippen MR) is 312 cm³/mol. The summed E-state index contributed by atoms with van der Waals surface area (Å²) >= 11 is 0. The van der Waals surface area contributed by atoms with Gasteiger partial charge in [0, 0.05) is 19.4 Å². The Morgan fingerprint density at radius 3 is 1.05 bits per heavy atom. The van der Waals surface area contributed by atoms with Gasteiger partial charge in [0.2, 0.25) is 0 Å². The molecule has 3 N–H and O–H groups in total. The third-order valence-corrected chi connectivity index (χ3v) is 14.4. The molecule has 73 heavy (non-hydrogen) atoms. The summed E-state index contributed by atoms with van der Waals surface area (Å²) in [5.74, 6) is -0.821. The molecule has 0 aromatic heterocycles. The highest BCUT2D eigenvalue weighted by molar-refractivity contribution is 7.47. The molecule has 0 aliphatic rings. The maximum absolute atomic E-state index is 12.7. The van der Waals surface area contributed by atoms with E-state index in [0.29, 0.717) is 6.42 Å². The molecule has 0 radical (unpaired) electrons. The molecule has 0 aromatic rings. The highest BCUT2D eigenvalue weighted by Gasteiger charge is 2.26. The Morgan fingerprint density at radius 2 is 0.712 bits per heavy atom. The van der Waals surface area contributed by atoms with Crippen LogP contribution >= 0.6 is 7.82 Å². The molecule has 2 unspecified atom stereocenters. The molecule has 0 saturated carbocycles. The molecule has 0 saturated heterocycles. The number of hydrogen-bond acceptors (Lipinski definition) is 8. The number of phosphoric acid groups is 1. The Balaban J connectivity index is 3.94. The number of unbranched alkanes of at least 4 members (excludes halogenated alkanes) is 35. The second-order valence-corrected chi connectivity index (χ2v) is 22.0. The second-order valence-electron chi connectivity index (χ2n) is 20.6. The number of nitrogens with two attached hydrogens (primary N) is 1. The highest BCUT2D eigenvalue weighted by Crippen LogP contribution is 2.43. The lowest BCUT2D eigenvalue weighted by Gasteiger charge is -2.19. The van der Waals surface area contributed by atoms with Crippen molar-refractivity contribution in [1.82, 2.24) is 0 Å². The molecule has 0 aromatic carbocycles. The van der Waals surface area contributed by atoms with Gasteiger partial charge in [-0.1, -0.05) is 261 Å². The Kier molecular flexibility index (Phi) is 57.1. The van der Waals surface area contributed by atoms with Crippen LogP contribution in [0.15, 0.2) is 60.8 Å². The first-order valence-corrected chi connectivity index (χ1v) is 32.3. The fourth-order valence-electron chi connectivity index (χ4n) is 8.79. The van der Waals surface area contributed by atoms with Gasteiger partial charge in [-0.2, -0.15) is 0 Å². The van der Waals surface area contributed by atoms with E-state index in [-0.39, 0.29) is 38.6 Å². The third-order valence-electron chi connectivity index (χ3n) is 13.4. The standard InChI is InChI=1S/C63H116NO8P/c1-3-5-7-9-11-13-15-17-19-21-23-25-27-28-29-30-31-32-34-36-38-40-42-44-46-48-50-52-54-56-63(66)72-61(60-71-73(67,68)70-58-57-64)59-69-62(65)55-53-51-49-47-45-43-41-39-37-35-33-26-24-22-20-18-16-14-12-10-8-6-4-2/h15-18,21-24,27-28,61H,3-14,19-20,25-26,29-60,64H2,1-2H3,(H,67,68)/b17-15-,18-16-,23-21-,24-22-,28-27-. The first kappa shape index (κ1) is 70.7. The summed E-state index contributed by atoms with van der Waals surface area (Å²) in [6.45, 7) is 3.75. The predicted octanol–water partition coefficient (Wildman–Crippen LogP) is 19.5. The first-order chi connectivity index (χ1) is 35.8. The van der Waals surface area contributed by atoms with Crippen molar-refractivity contribution in [3.05, 3.63) is 60.8 Å². The van der Waals surface area contributed by atoms with Gasteiger partial charge in [0.1, 0.15) is 6.61 Å². The van der Waals surface area contributed by atoms with Crippen molar-refractivity contribution in [2.75, 3.05) is 26.4 Å². The summed E-state index contributed by atoms with van der Waals surface area (Å²) in [6, 6.07) is 0. The van der Waals surface area contributed by atoms with Crippen LogP contribution < -0.4 is 5.73 Å². The molecular formula is C63H116NO8P. The molecule has 0 aliphatic heterocycles. The number of phosphoric ester groups is 1. The number of carbonyl (C=O) groups is 2. The van der Waals surface area contributed by atoms with Gasteiger partial charge in [-0.05, 0) is 83.5 Å². The summed E-state index contributed by atoms with van der Waals surface area (Å²) < 4.78 is 33.1. The van der Waals surface area contributed by atoms with Crippen molar-refractivity contribution in [3.8, 4) is 0 Å². The number of rotatable bonds is 58. The minimum Gasteiger partial charge on any atom is -0.462 e. The van der Waals surface area contributed by atoms with Gasteiger partial charge in [-0.15, -0.1) is 0 Å². The zero-order chi connectivity index (χ0) is 53.1. The third kappa shape index (κ3) is 58.8. The van der Waals surface area contributed by atoms with E-state index in [1.165, 1.54) is 205 Å². The van der Waals surface area contributed by atoms with Crippen molar-refractivity contribution < 1.29 is 37.6 Å². The van der Waals surface area contributed by atoms with Crippen molar-refractivity contribution in [1.29, 1.82) is 0 Å². The maximum Gasteiger partial charge on any atom is 0.472 e. The number of ether oxygens (including phenoxy) is 2. The Hall–Kier alpha value is -2.29. The van der Waals surface area contributed by atoms with Gasteiger partial charge in [-0.3, -0.25) is 18.6 Å². The first-order valence-electron chi connectivity index (χ1n) is 30.8. The molecule has 2 atom stereocenters. The monoisotopic (exact) mass is 1050 g/mol. The average molecular weight is 1050 g/mol. The number of carbonyl (C=O) groups excluding carboxylic acids is 2. The van der Waals surface area contributed by atoms with E-state index in [9.17, 15) is 19.0 Å². The minimum absolute atomic E-state index is 0.0522. The lowest BCUT2D eigenvalue weighted by Crippen LogP contribution is -2.29. The van der Waals surface area contributed by atoms with E-state index in [4.69, 9.17) is 24.3 Å². The molecule has 0 aliphatic carbocycles. The van der Waals surface area contributed by atoms with E-state index in [0.717, 1.165) is 57.8 Å². The topological polar surface area (TPSA) is 134 Å². The van der Waals surface area contributed by atoms with Crippen LogP contribution in [0, 0.1) is 0 Å². The van der Waals surface area contributed by atoms with Crippen LogP contribution in [0.25, 0.3) is 0 Å². The second kappa shape index (κ2) is 59.0. The summed E-state index contributed by atoms with van der Waals surface area (Å²) in [5.41, 5.74) is 5.39. The summed E-state index contributed by atoms with van der Waals surface area (Å²) in [4.78, 5) is 35.2. The van der Waals surface area contributed by atoms with Crippen LogP contribution in [0.2, 0.25) is 0 Å². The molecule has 0 amide bonds. The summed E-state index contributed by atoms with van der Waals surface area (Å²) in [6.07, 6.45) is 74.2. The van der Waals surface area contributed by atoms with Crippen LogP contribution in [0.1, 0.15) is 296 Å². The van der Waals surface area contributed by atoms with Gasteiger partial charge in [0.25, 0.3) is 0 Å². The van der Waals surface area contributed by atoms with E-state index >= 15 is 0 Å². The van der Waals surface area contributed by atoms with E-state index in [2.05, 4.69) is 74.6 Å².